The molecule has 1 aromatic heterocycles. The monoisotopic (exact) mass is 223 g/mol. The summed E-state index contributed by atoms with van der Waals surface area (Å²) in [4.78, 5) is 6.52. The van der Waals surface area contributed by atoms with Crippen molar-refractivity contribution in [3.05, 3.63) is 24.6 Å². The van der Waals surface area contributed by atoms with Gasteiger partial charge in [-0.15, -0.1) is 6.58 Å². The molecule has 0 aromatic carbocycles. The fourth-order valence-corrected chi connectivity index (χ4v) is 1.45. The van der Waals surface area contributed by atoms with Gasteiger partial charge in [-0.25, -0.2) is 0 Å². The van der Waals surface area contributed by atoms with E-state index in [-0.39, 0.29) is 5.54 Å². The van der Waals surface area contributed by atoms with Gasteiger partial charge in [0, 0.05) is 18.6 Å². The molecule has 0 aliphatic carbocycles. The van der Waals surface area contributed by atoms with Crippen molar-refractivity contribution in [2.24, 2.45) is 0 Å². The zero-order chi connectivity index (χ0) is 12.2. The lowest BCUT2D eigenvalue weighted by atomic mass is 10.1. The molecular weight excluding hydrogens is 202 g/mol. The molecule has 0 aliphatic rings. The molecule has 0 spiro atoms. The first-order chi connectivity index (χ1) is 7.49. The molecule has 4 heteroatoms. The summed E-state index contributed by atoms with van der Waals surface area (Å²) in [7, 11) is 1.89. The first-order valence-corrected chi connectivity index (χ1v) is 5.46. The topological polar surface area (TPSA) is 41.3 Å². The van der Waals surface area contributed by atoms with Crippen LogP contribution in [-0.2, 0) is 6.54 Å². The van der Waals surface area contributed by atoms with Crippen LogP contribution < -0.4 is 10.2 Å². The lowest BCUT2D eigenvalue weighted by Crippen LogP contribution is -2.41. The molecular formula is C12H21N3O. The van der Waals surface area contributed by atoms with Gasteiger partial charge in [0.15, 0.2) is 0 Å². The highest BCUT2D eigenvalue weighted by Gasteiger charge is 2.24. The van der Waals surface area contributed by atoms with Gasteiger partial charge in [-0.3, -0.25) is 0 Å². The fraction of sp³-hybridized carbons (Fsp3) is 0.583. The van der Waals surface area contributed by atoms with Crippen LogP contribution >= 0.6 is 0 Å². The number of nitrogens with zero attached hydrogens (tertiary/aromatic N) is 2. The van der Waals surface area contributed by atoms with Gasteiger partial charge in [-0.1, -0.05) is 6.08 Å². The molecule has 0 fully saturated rings. The maximum atomic E-state index is 5.49. The van der Waals surface area contributed by atoms with Gasteiger partial charge in [0.2, 0.25) is 0 Å². The Morgan fingerprint density at radius 1 is 1.56 bits per heavy atom. The van der Waals surface area contributed by atoms with Gasteiger partial charge in [-0.2, -0.15) is 4.98 Å². The van der Waals surface area contributed by atoms with E-state index in [4.69, 9.17) is 4.42 Å². The molecule has 1 rings (SSSR count). The standard InChI is InChI=1S/C12H21N3O/c1-6-7-15(12(2,3)4)11-14-10(8-13-5)9-16-11/h6,9,13H,1,7-8H2,2-5H3. The summed E-state index contributed by atoms with van der Waals surface area (Å²) < 4.78 is 5.49. The normalized spacial score (nSPS) is 11.5. The summed E-state index contributed by atoms with van der Waals surface area (Å²) >= 11 is 0. The quantitative estimate of drug-likeness (QED) is 0.777. The third kappa shape index (κ3) is 3.10. The minimum absolute atomic E-state index is 0.0318. The second-order valence-corrected chi connectivity index (χ2v) is 4.72. The van der Waals surface area contributed by atoms with Gasteiger partial charge >= 0.3 is 0 Å². The lowest BCUT2D eigenvalue weighted by molar-refractivity contribution is 0.451. The predicted molar refractivity (Wildman–Crippen MR) is 66.6 cm³/mol. The largest absolute Gasteiger partial charge is 0.432 e. The number of rotatable bonds is 5. The summed E-state index contributed by atoms with van der Waals surface area (Å²) in [6, 6.07) is 0.651. The Balaban J connectivity index is 2.88. The number of anilines is 1. The van der Waals surface area contributed by atoms with E-state index in [0.29, 0.717) is 6.01 Å². The van der Waals surface area contributed by atoms with E-state index in [1.165, 1.54) is 0 Å². The fourth-order valence-electron chi connectivity index (χ4n) is 1.45. The van der Waals surface area contributed by atoms with Crippen molar-refractivity contribution >= 4 is 6.01 Å². The van der Waals surface area contributed by atoms with Crippen molar-refractivity contribution < 1.29 is 4.42 Å². The highest BCUT2D eigenvalue weighted by molar-refractivity contribution is 5.32. The van der Waals surface area contributed by atoms with Crippen LogP contribution in [0, 0.1) is 0 Å². The first-order valence-electron chi connectivity index (χ1n) is 5.46. The predicted octanol–water partition coefficient (Wildman–Crippen LogP) is 2.18. The average Bonchev–Trinajstić information content (AvgIpc) is 2.61. The zero-order valence-corrected chi connectivity index (χ0v) is 10.6. The number of hydrogen-bond acceptors (Lipinski definition) is 4. The van der Waals surface area contributed by atoms with E-state index in [9.17, 15) is 0 Å². The SMILES string of the molecule is C=CCN(c1nc(CNC)co1)C(C)(C)C. The Hall–Kier alpha value is -1.29. The van der Waals surface area contributed by atoms with Gasteiger partial charge in [0.25, 0.3) is 6.01 Å². The van der Waals surface area contributed by atoms with Crippen LogP contribution in [0.5, 0.6) is 0 Å². The van der Waals surface area contributed by atoms with Crippen LogP contribution in [0.4, 0.5) is 6.01 Å². The van der Waals surface area contributed by atoms with E-state index in [1.807, 2.05) is 13.1 Å². The van der Waals surface area contributed by atoms with Gasteiger partial charge in [0.05, 0.1) is 5.69 Å². The molecule has 0 radical (unpaired) electrons. The summed E-state index contributed by atoms with van der Waals surface area (Å²) in [6.45, 7) is 11.6. The van der Waals surface area contributed by atoms with E-state index in [0.717, 1.165) is 18.8 Å². The Morgan fingerprint density at radius 2 is 2.25 bits per heavy atom. The van der Waals surface area contributed by atoms with Crippen molar-refractivity contribution in [3.63, 3.8) is 0 Å². The summed E-state index contributed by atoms with van der Waals surface area (Å²) in [5, 5.41) is 3.05. The highest BCUT2D eigenvalue weighted by Crippen LogP contribution is 2.22. The number of oxazole rings is 1. The maximum absolute atomic E-state index is 5.49. The molecule has 0 saturated heterocycles. The molecule has 16 heavy (non-hydrogen) atoms. The molecule has 0 saturated carbocycles. The van der Waals surface area contributed by atoms with E-state index in [2.05, 4.69) is 42.6 Å². The van der Waals surface area contributed by atoms with Gasteiger partial charge < -0.3 is 14.6 Å². The molecule has 1 N–H and O–H groups in total. The molecule has 90 valence electrons. The van der Waals surface area contributed by atoms with E-state index < -0.39 is 0 Å². The third-order valence-corrected chi connectivity index (χ3v) is 2.25. The van der Waals surface area contributed by atoms with Crippen molar-refractivity contribution in [3.8, 4) is 0 Å². The van der Waals surface area contributed by atoms with E-state index in [1.54, 1.807) is 6.26 Å². The molecule has 0 atom stereocenters. The highest BCUT2D eigenvalue weighted by atomic mass is 16.4. The molecule has 1 aromatic rings. The molecule has 4 nitrogen and oxygen atoms in total. The number of aromatic nitrogens is 1. The minimum atomic E-state index is -0.0318. The van der Waals surface area contributed by atoms with E-state index >= 15 is 0 Å². The summed E-state index contributed by atoms with van der Waals surface area (Å²) in [6.07, 6.45) is 3.54. The zero-order valence-electron chi connectivity index (χ0n) is 10.6. The summed E-state index contributed by atoms with van der Waals surface area (Å²) in [5.41, 5.74) is 0.881. The maximum Gasteiger partial charge on any atom is 0.298 e. The molecule has 1 heterocycles. The van der Waals surface area contributed by atoms with Crippen LogP contribution in [0.1, 0.15) is 26.5 Å². The van der Waals surface area contributed by atoms with Gasteiger partial charge in [0.1, 0.15) is 6.26 Å². The van der Waals surface area contributed by atoms with Crippen LogP contribution in [-0.4, -0.2) is 24.1 Å². The summed E-state index contributed by atoms with van der Waals surface area (Å²) in [5.74, 6) is 0. The van der Waals surface area contributed by atoms with Crippen LogP contribution in [0.15, 0.2) is 23.3 Å². The van der Waals surface area contributed by atoms with Crippen molar-refractivity contribution in [2.45, 2.75) is 32.9 Å². The van der Waals surface area contributed by atoms with Crippen molar-refractivity contribution in [1.29, 1.82) is 0 Å². The third-order valence-electron chi connectivity index (χ3n) is 2.25. The minimum Gasteiger partial charge on any atom is -0.432 e. The molecule has 0 amide bonds. The van der Waals surface area contributed by atoms with Crippen molar-refractivity contribution in [1.82, 2.24) is 10.3 Å². The Bertz CT molecular complexity index is 338. The number of nitrogens with one attached hydrogen (secondary N) is 1. The molecule has 0 bridgehead atoms. The Morgan fingerprint density at radius 3 is 2.75 bits per heavy atom. The second kappa shape index (κ2) is 5.16. The second-order valence-electron chi connectivity index (χ2n) is 4.72. The van der Waals surface area contributed by atoms with Crippen LogP contribution in [0.25, 0.3) is 0 Å². The Labute approximate surface area is 97.3 Å². The average molecular weight is 223 g/mol. The molecule has 0 unspecified atom stereocenters. The smallest absolute Gasteiger partial charge is 0.298 e. The Kier molecular flexibility index (Phi) is 4.12. The number of hydrogen-bond donors (Lipinski definition) is 1. The first kappa shape index (κ1) is 12.8. The van der Waals surface area contributed by atoms with Gasteiger partial charge in [-0.05, 0) is 27.8 Å². The van der Waals surface area contributed by atoms with Crippen LogP contribution in [0.2, 0.25) is 0 Å². The lowest BCUT2D eigenvalue weighted by Gasteiger charge is -2.33. The molecule has 0 aliphatic heterocycles. The van der Waals surface area contributed by atoms with Crippen LogP contribution in [0.3, 0.4) is 0 Å². The van der Waals surface area contributed by atoms with Crippen molar-refractivity contribution in [2.75, 3.05) is 18.5 Å².